The van der Waals surface area contributed by atoms with Gasteiger partial charge in [0.05, 0.1) is 26.7 Å². The summed E-state index contributed by atoms with van der Waals surface area (Å²) in [5, 5.41) is 22.9. The number of non-ortho nitro benzene ring substituents is 1. The number of ether oxygens (including phenoxy) is 2. The minimum atomic E-state index is -0.465. The van der Waals surface area contributed by atoms with Gasteiger partial charge in [-0.15, -0.1) is 0 Å². The highest BCUT2D eigenvalue weighted by molar-refractivity contribution is 14.1. The van der Waals surface area contributed by atoms with E-state index in [1.165, 1.54) is 12.1 Å². The lowest BCUT2D eigenvalue weighted by molar-refractivity contribution is -0.384. The summed E-state index contributed by atoms with van der Waals surface area (Å²) in [5.74, 6) is 1.23. The molecule has 6 nitrogen and oxygen atoms in total. The molecule has 0 unspecified atom stereocenters. The van der Waals surface area contributed by atoms with E-state index in [0.29, 0.717) is 35.8 Å². The molecule has 7 heteroatoms. The highest BCUT2D eigenvalue weighted by atomic mass is 127. The second-order valence-electron chi connectivity index (χ2n) is 7.66. The summed E-state index contributed by atoms with van der Waals surface area (Å²) in [6.45, 7) is 2.75. The molecule has 174 valence electrons. The monoisotopic (exact) mass is 576 g/mol. The first kappa shape index (κ1) is 24.2. The Morgan fingerprint density at radius 1 is 1.06 bits per heavy atom. The number of fused-ring (bicyclic) bond motifs is 1. The van der Waals surface area contributed by atoms with Crippen LogP contribution in [0.1, 0.15) is 23.6 Å². The second kappa shape index (κ2) is 11.0. The van der Waals surface area contributed by atoms with Crippen LogP contribution in [0.3, 0.4) is 0 Å². The van der Waals surface area contributed by atoms with Crippen molar-refractivity contribution in [2.45, 2.75) is 13.5 Å². The van der Waals surface area contributed by atoms with E-state index < -0.39 is 4.92 Å². The van der Waals surface area contributed by atoms with Crippen molar-refractivity contribution >= 4 is 50.7 Å². The Balaban J connectivity index is 1.64. The van der Waals surface area contributed by atoms with Crippen molar-refractivity contribution in [3.05, 3.63) is 109 Å². The van der Waals surface area contributed by atoms with E-state index in [1.807, 2.05) is 37.3 Å². The van der Waals surface area contributed by atoms with Crippen LogP contribution in [0.5, 0.6) is 11.5 Å². The molecular weight excluding hydrogens is 555 g/mol. The Hall–Kier alpha value is -3.90. The molecule has 0 saturated heterocycles. The Morgan fingerprint density at radius 2 is 1.80 bits per heavy atom. The van der Waals surface area contributed by atoms with Crippen molar-refractivity contribution in [3.8, 4) is 17.6 Å². The quantitative estimate of drug-likeness (QED) is 0.0718. The molecule has 0 heterocycles. The third-order valence-corrected chi connectivity index (χ3v) is 6.21. The van der Waals surface area contributed by atoms with Gasteiger partial charge in [0.25, 0.3) is 5.69 Å². The first-order valence-corrected chi connectivity index (χ1v) is 12.0. The van der Waals surface area contributed by atoms with Gasteiger partial charge in [-0.3, -0.25) is 10.1 Å². The number of nitriles is 1. The van der Waals surface area contributed by atoms with Gasteiger partial charge >= 0.3 is 0 Å². The number of nitro benzene ring substituents is 1. The van der Waals surface area contributed by atoms with Crippen molar-refractivity contribution in [2.24, 2.45) is 0 Å². The number of hydrogen-bond donors (Lipinski definition) is 0. The fourth-order valence-corrected chi connectivity index (χ4v) is 4.53. The van der Waals surface area contributed by atoms with Crippen LogP contribution in [-0.4, -0.2) is 11.5 Å². The molecule has 0 amide bonds. The zero-order valence-electron chi connectivity index (χ0n) is 18.9. The van der Waals surface area contributed by atoms with Crippen LogP contribution in [0.25, 0.3) is 22.4 Å². The van der Waals surface area contributed by atoms with Crippen LogP contribution in [0, 0.1) is 25.0 Å². The molecule has 0 saturated carbocycles. The van der Waals surface area contributed by atoms with E-state index in [-0.39, 0.29) is 5.69 Å². The maximum atomic E-state index is 10.9. The number of benzene rings is 4. The maximum Gasteiger partial charge on any atom is 0.269 e. The smallest absolute Gasteiger partial charge is 0.269 e. The lowest BCUT2D eigenvalue weighted by Crippen LogP contribution is -2.02. The van der Waals surface area contributed by atoms with E-state index >= 15 is 0 Å². The molecule has 0 aromatic heterocycles. The predicted molar refractivity (Wildman–Crippen MR) is 145 cm³/mol. The van der Waals surface area contributed by atoms with Gasteiger partial charge in [0.2, 0.25) is 0 Å². The lowest BCUT2D eigenvalue weighted by atomic mass is 10.0. The molecule has 0 N–H and O–H groups in total. The van der Waals surface area contributed by atoms with Gasteiger partial charge in [-0.05, 0) is 87.3 Å². The summed E-state index contributed by atoms with van der Waals surface area (Å²) in [7, 11) is 0. The van der Waals surface area contributed by atoms with Gasteiger partial charge < -0.3 is 9.47 Å². The number of nitro groups is 1. The molecule has 4 rings (SSSR count). The minimum absolute atomic E-state index is 0.0214. The summed E-state index contributed by atoms with van der Waals surface area (Å²) in [6.07, 6.45) is 1.74. The van der Waals surface area contributed by atoms with E-state index in [2.05, 4.69) is 52.9 Å². The molecular formula is C28H21IN2O4. The zero-order chi connectivity index (χ0) is 24.8. The molecule has 0 radical (unpaired) electrons. The summed E-state index contributed by atoms with van der Waals surface area (Å²) >= 11 is 2.21. The van der Waals surface area contributed by atoms with E-state index in [0.717, 1.165) is 25.5 Å². The van der Waals surface area contributed by atoms with Crippen LogP contribution < -0.4 is 9.47 Å². The number of hydrogen-bond acceptors (Lipinski definition) is 5. The van der Waals surface area contributed by atoms with Gasteiger partial charge in [-0.25, -0.2) is 0 Å². The van der Waals surface area contributed by atoms with Crippen molar-refractivity contribution in [2.75, 3.05) is 6.61 Å². The Bertz CT molecular complexity index is 1450. The zero-order valence-corrected chi connectivity index (χ0v) is 21.1. The summed E-state index contributed by atoms with van der Waals surface area (Å²) in [4.78, 5) is 10.5. The fourth-order valence-electron chi connectivity index (χ4n) is 3.75. The molecule has 0 atom stereocenters. The van der Waals surface area contributed by atoms with Gasteiger partial charge in [0.15, 0.2) is 11.5 Å². The van der Waals surface area contributed by atoms with Gasteiger partial charge in [0.1, 0.15) is 6.61 Å². The van der Waals surface area contributed by atoms with Crippen molar-refractivity contribution < 1.29 is 14.4 Å². The summed E-state index contributed by atoms with van der Waals surface area (Å²) in [5.41, 5.74) is 2.82. The Labute approximate surface area is 216 Å². The third-order valence-electron chi connectivity index (χ3n) is 5.40. The van der Waals surface area contributed by atoms with Gasteiger partial charge in [-0.1, -0.05) is 42.5 Å². The first-order valence-electron chi connectivity index (χ1n) is 10.9. The van der Waals surface area contributed by atoms with E-state index in [9.17, 15) is 15.4 Å². The molecule has 4 aromatic carbocycles. The number of nitrogens with zero attached hydrogens (tertiary/aromatic N) is 2. The molecule has 0 bridgehead atoms. The van der Waals surface area contributed by atoms with Crippen LogP contribution >= 0.6 is 22.6 Å². The lowest BCUT2D eigenvalue weighted by Gasteiger charge is -2.16. The van der Waals surface area contributed by atoms with Crippen LogP contribution in [0.15, 0.2) is 78.9 Å². The predicted octanol–water partition coefficient (Wildman–Crippen LogP) is 7.39. The minimum Gasteiger partial charge on any atom is -0.490 e. The normalized spacial score (nSPS) is 11.2. The molecule has 35 heavy (non-hydrogen) atoms. The first-order chi connectivity index (χ1) is 17.0. The Kier molecular flexibility index (Phi) is 7.63. The second-order valence-corrected chi connectivity index (χ2v) is 8.83. The fraction of sp³-hybridized carbons (Fsp3) is 0.107. The number of rotatable bonds is 8. The maximum absolute atomic E-state index is 10.9. The number of halogens is 1. The molecule has 4 aromatic rings. The van der Waals surface area contributed by atoms with Crippen LogP contribution in [0.2, 0.25) is 0 Å². The molecule has 0 aliphatic heterocycles. The Morgan fingerprint density at radius 3 is 2.51 bits per heavy atom. The van der Waals surface area contributed by atoms with E-state index in [4.69, 9.17) is 9.47 Å². The largest absolute Gasteiger partial charge is 0.490 e. The summed E-state index contributed by atoms with van der Waals surface area (Å²) in [6, 6.07) is 26.2. The SMILES string of the molecule is CCOc1cc(/C=C(/C#N)c2ccc([N+](=O)[O-])cc2)cc(I)c1OCc1cccc2ccccc12. The third kappa shape index (κ3) is 5.61. The van der Waals surface area contributed by atoms with Crippen molar-refractivity contribution in [1.82, 2.24) is 0 Å². The summed E-state index contributed by atoms with van der Waals surface area (Å²) < 4.78 is 13.0. The van der Waals surface area contributed by atoms with Crippen molar-refractivity contribution in [3.63, 3.8) is 0 Å². The topological polar surface area (TPSA) is 85.4 Å². The van der Waals surface area contributed by atoms with Crippen molar-refractivity contribution in [1.29, 1.82) is 5.26 Å². The molecule has 0 aliphatic carbocycles. The van der Waals surface area contributed by atoms with E-state index in [1.54, 1.807) is 18.2 Å². The van der Waals surface area contributed by atoms with Crippen LogP contribution in [-0.2, 0) is 6.61 Å². The highest BCUT2D eigenvalue weighted by Gasteiger charge is 2.14. The number of allylic oxidation sites excluding steroid dienone is 1. The average molecular weight is 576 g/mol. The standard InChI is InChI=1S/C28H21IN2O4/c1-2-34-27-16-19(14-23(17-30)20-10-12-24(13-11-20)31(32)33)15-26(29)28(27)35-18-22-8-5-7-21-6-3-4-9-25(21)22/h3-16H,2,18H2,1H3/b23-14-. The molecule has 0 aliphatic rings. The highest BCUT2D eigenvalue weighted by Crippen LogP contribution is 2.36. The average Bonchev–Trinajstić information content (AvgIpc) is 2.87. The molecule has 0 spiro atoms. The van der Waals surface area contributed by atoms with Gasteiger partial charge in [0, 0.05) is 12.1 Å². The van der Waals surface area contributed by atoms with Crippen LogP contribution in [0.4, 0.5) is 5.69 Å². The molecule has 0 fully saturated rings. The van der Waals surface area contributed by atoms with Gasteiger partial charge in [-0.2, -0.15) is 5.26 Å².